The van der Waals surface area contributed by atoms with Gasteiger partial charge in [-0.05, 0) is 0 Å². The van der Waals surface area contributed by atoms with Crippen LogP contribution in [0.3, 0.4) is 0 Å². The van der Waals surface area contributed by atoms with Crippen LogP contribution in [0.25, 0.3) is 12.2 Å². The molecular weight excluding hydrogens is 502 g/mol. The molecular formula is C24H26Cl2O4Se. The Kier molecular flexibility index (Phi) is 11.5. The standard InChI is InChI=1S/C24H26Cl2O4Se/c25-31(26,19-7-17-29-23(27)15-13-21-9-3-1-4-10-21)20-8-18-30-24(28)16-14-22-11-5-2-6-12-22/h1-6,9-16H,7-8,17-20H2/b15-13+,16-14+. The molecule has 0 heterocycles. The number of halogens is 2. The van der Waals surface area contributed by atoms with Gasteiger partial charge in [0.2, 0.25) is 0 Å². The molecule has 0 radical (unpaired) electrons. The van der Waals surface area contributed by atoms with E-state index in [1.807, 2.05) is 60.7 Å². The summed E-state index contributed by atoms with van der Waals surface area (Å²) in [6.45, 7) is 0.547. The van der Waals surface area contributed by atoms with Gasteiger partial charge >= 0.3 is 195 Å². The molecule has 166 valence electrons. The van der Waals surface area contributed by atoms with Crippen molar-refractivity contribution in [3.8, 4) is 0 Å². The summed E-state index contributed by atoms with van der Waals surface area (Å²) in [7, 11) is 12.9. The van der Waals surface area contributed by atoms with E-state index in [2.05, 4.69) is 0 Å². The van der Waals surface area contributed by atoms with Gasteiger partial charge in [-0.2, -0.15) is 0 Å². The van der Waals surface area contributed by atoms with Gasteiger partial charge in [0.25, 0.3) is 0 Å². The summed E-state index contributed by atoms with van der Waals surface area (Å²) in [5.74, 6) is -0.782. The third kappa shape index (κ3) is 11.8. The van der Waals surface area contributed by atoms with Crippen molar-refractivity contribution in [2.45, 2.75) is 23.5 Å². The van der Waals surface area contributed by atoms with Crippen LogP contribution in [0.15, 0.2) is 72.8 Å². The van der Waals surface area contributed by atoms with Gasteiger partial charge in [0.1, 0.15) is 0 Å². The molecule has 0 N–H and O–H groups in total. The first kappa shape index (κ1) is 25.2. The first-order valence-corrected chi connectivity index (χ1v) is 16.8. The normalized spacial score (nSPS) is 12.2. The summed E-state index contributed by atoms with van der Waals surface area (Å²) in [5, 5.41) is 1.24. The van der Waals surface area contributed by atoms with E-state index in [1.54, 1.807) is 12.2 Å². The fraction of sp³-hybridized carbons (Fsp3) is 0.250. The molecule has 2 aromatic rings. The molecule has 31 heavy (non-hydrogen) atoms. The van der Waals surface area contributed by atoms with Crippen LogP contribution in [0.4, 0.5) is 0 Å². The number of rotatable bonds is 12. The summed E-state index contributed by atoms with van der Waals surface area (Å²) >= 11 is -2.65. The summed E-state index contributed by atoms with van der Waals surface area (Å²) in [6.07, 6.45) is 7.45. The molecule has 2 aromatic carbocycles. The second-order valence-electron chi connectivity index (χ2n) is 6.64. The molecule has 0 spiro atoms. The average Bonchev–Trinajstić information content (AvgIpc) is 2.78. The van der Waals surface area contributed by atoms with Gasteiger partial charge in [-0.1, -0.05) is 0 Å². The van der Waals surface area contributed by atoms with E-state index in [0.29, 0.717) is 23.5 Å². The molecule has 2 rings (SSSR count). The Labute approximate surface area is 194 Å². The molecule has 0 saturated carbocycles. The molecule has 0 aliphatic heterocycles. The Hall–Kier alpha value is -2.04. The van der Waals surface area contributed by atoms with E-state index in [9.17, 15) is 9.59 Å². The topological polar surface area (TPSA) is 52.6 Å². The van der Waals surface area contributed by atoms with Crippen molar-refractivity contribution < 1.29 is 19.1 Å². The van der Waals surface area contributed by atoms with Gasteiger partial charge in [0.05, 0.1) is 0 Å². The molecule has 0 unspecified atom stereocenters. The number of carbonyl (C=O) groups is 2. The predicted octanol–water partition coefficient (Wildman–Crippen LogP) is 6.20. The van der Waals surface area contributed by atoms with Crippen molar-refractivity contribution in [1.29, 1.82) is 0 Å². The van der Waals surface area contributed by atoms with E-state index in [0.717, 1.165) is 11.1 Å². The second-order valence-corrected chi connectivity index (χ2v) is 18.2. The molecule has 0 aromatic heterocycles. The van der Waals surface area contributed by atoms with E-state index in [1.165, 1.54) is 12.2 Å². The molecule has 0 amide bonds. The van der Waals surface area contributed by atoms with Crippen molar-refractivity contribution in [3.05, 3.63) is 83.9 Å². The van der Waals surface area contributed by atoms with Crippen LogP contribution in [0.5, 0.6) is 0 Å². The van der Waals surface area contributed by atoms with Crippen LogP contribution < -0.4 is 0 Å². The van der Waals surface area contributed by atoms with Crippen LogP contribution in [-0.2, 0) is 19.1 Å². The van der Waals surface area contributed by atoms with Crippen molar-refractivity contribution >= 4 is 55.3 Å². The van der Waals surface area contributed by atoms with Crippen molar-refractivity contribution in [2.75, 3.05) is 13.2 Å². The molecule has 4 nitrogen and oxygen atoms in total. The quantitative estimate of drug-likeness (QED) is 0.143. The van der Waals surface area contributed by atoms with E-state index >= 15 is 0 Å². The third-order valence-corrected chi connectivity index (χ3v) is 11.0. The van der Waals surface area contributed by atoms with Crippen molar-refractivity contribution in [3.63, 3.8) is 0 Å². The number of hydrogen-bond acceptors (Lipinski definition) is 4. The SMILES string of the molecule is O=C(/C=C/c1ccccc1)OCCC[Se](Cl)(Cl)CCCOC(=O)/C=C/c1ccccc1. The zero-order chi connectivity index (χ0) is 22.4. The average molecular weight is 528 g/mol. The Morgan fingerprint density at radius 1 is 0.710 bits per heavy atom. The van der Waals surface area contributed by atoms with Crippen LogP contribution in [0.2, 0.25) is 10.6 Å². The zero-order valence-corrected chi connectivity index (χ0v) is 20.3. The Morgan fingerprint density at radius 2 is 1.10 bits per heavy atom. The Bertz CT molecular complexity index is 796. The molecule has 0 saturated heterocycles. The van der Waals surface area contributed by atoms with Gasteiger partial charge in [-0.3, -0.25) is 0 Å². The van der Waals surface area contributed by atoms with E-state index in [4.69, 9.17) is 29.7 Å². The summed E-state index contributed by atoms with van der Waals surface area (Å²) in [4.78, 5) is 23.5. The fourth-order valence-corrected chi connectivity index (χ4v) is 7.50. The zero-order valence-electron chi connectivity index (χ0n) is 17.1. The number of esters is 2. The molecule has 0 bridgehead atoms. The Balaban J connectivity index is 1.56. The predicted molar refractivity (Wildman–Crippen MR) is 129 cm³/mol. The molecule has 0 fully saturated rings. The van der Waals surface area contributed by atoms with Crippen molar-refractivity contribution in [1.82, 2.24) is 0 Å². The van der Waals surface area contributed by atoms with E-state index in [-0.39, 0.29) is 13.2 Å². The van der Waals surface area contributed by atoms with Gasteiger partial charge in [-0.15, -0.1) is 0 Å². The number of hydrogen-bond donors (Lipinski definition) is 0. The van der Waals surface area contributed by atoms with Crippen LogP contribution in [-0.4, -0.2) is 36.2 Å². The van der Waals surface area contributed by atoms with Crippen LogP contribution >= 0.6 is 20.2 Å². The maximum absolute atomic E-state index is 11.7. The fourth-order valence-electron chi connectivity index (χ4n) is 2.54. The number of ether oxygens (including phenoxy) is 2. The minimum atomic E-state index is -2.65. The number of carbonyl (C=O) groups excluding carboxylic acids is 2. The molecule has 7 heteroatoms. The summed E-state index contributed by atoms with van der Waals surface area (Å²) in [5.41, 5.74) is 1.87. The number of benzene rings is 2. The maximum atomic E-state index is 11.7. The van der Waals surface area contributed by atoms with Gasteiger partial charge in [-0.25, -0.2) is 0 Å². The third-order valence-electron chi connectivity index (χ3n) is 4.09. The van der Waals surface area contributed by atoms with Crippen LogP contribution in [0.1, 0.15) is 24.0 Å². The minimum absolute atomic E-state index is 0.274. The first-order valence-electron chi connectivity index (χ1n) is 9.92. The van der Waals surface area contributed by atoms with Gasteiger partial charge in [0, 0.05) is 0 Å². The molecule has 0 atom stereocenters. The van der Waals surface area contributed by atoms with E-state index < -0.39 is 23.0 Å². The van der Waals surface area contributed by atoms with Gasteiger partial charge < -0.3 is 0 Å². The first-order chi connectivity index (χ1) is 14.9. The van der Waals surface area contributed by atoms with Crippen LogP contribution in [0, 0.1) is 0 Å². The van der Waals surface area contributed by atoms with Gasteiger partial charge in [0.15, 0.2) is 0 Å². The summed E-state index contributed by atoms with van der Waals surface area (Å²) < 4.78 is 10.4. The second kappa shape index (κ2) is 14.1. The molecule has 0 aliphatic rings. The molecule has 0 aliphatic carbocycles. The summed E-state index contributed by atoms with van der Waals surface area (Å²) in [6, 6.07) is 19.1. The monoisotopic (exact) mass is 528 g/mol. The Morgan fingerprint density at radius 3 is 1.48 bits per heavy atom. The van der Waals surface area contributed by atoms with Crippen molar-refractivity contribution in [2.24, 2.45) is 0 Å².